The third kappa shape index (κ3) is 12.4. The second kappa shape index (κ2) is 17.7. The van der Waals surface area contributed by atoms with Gasteiger partial charge >= 0.3 is 17.9 Å². The zero-order valence-electron chi connectivity index (χ0n) is 20.9. The van der Waals surface area contributed by atoms with Crippen LogP contribution in [0, 0.1) is 0 Å². The lowest BCUT2D eigenvalue weighted by Gasteiger charge is -2.44. The van der Waals surface area contributed by atoms with E-state index in [9.17, 15) is 24.0 Å². The van der Waals surface area contributed by atoms with Crippen LogP contribution in [0.1, 0.15) is 34.1 Å². The van der Waals surface area contributed by atoms with E-state index in [0.717, 1.165) is 13.8 Å². The van der Waals surface area contributed by atoms with Gasteiger partial charge in [0.05, 0.1) is 39.6 Å². The number of nitrogens with one attached hydrogen (secondary N) is 1. The SMILES string of the molecule is CCC(=O)O[C@H]1O[C@@H](OCCOCCOCCOCC=O)[C@H](NC(C)=O)[C@@H](OC(C)=O)[C@H]1OC(C)=O. The van der Waals surface area contributed by atoms with E-state index in [2.05, 4.69) is 5.32 Å². The molecule has 1 heterocycles. The van der Waals surface area contributed by atoms with Crippen molar-refractivity contribution >= 4 is 30.1 Å². The first-order chi connectivity index (χ1) is 17.2. The summed E-state index contributed by atoms with van der Waals surface area (Å²) >= 11 is 0. The number of ether oxygens (including phenoxy) is 8. The molecule has 1 amide bonds. The summed E-state index contributed by atoms with van der Waals surface area (Å²) in [7, 11) is 0. The van der Waals surface area contributed by atoms with Gasteiger partial charge in [0, 0.05) is 27.2 Å². The van der Waals surface area contributed by atoms with E-state index in [4.69, 9.17) is 37.9 Å². The molecular weight excluding hydrogens is 486 g/mol. The van der Waals surface area contributed by atoms with Crippen LogP contribution in [0.3, 0.4) is 0 Å². The Kier molecular flexibility index (Phi) is 15.5. The van der Waals surface area contributed by atoms with Gasteiger partial charge in [-0.05, 0) is 0 Å². The topological polar surface area (TPSA) is 171 Å². The third-order valence-corrected chi connectivity index (χ3v) is 4.46. The third-order valence-electron chi connectivity index (χ3n) is 4.46. The fourth-order valence-corrected chi connectivity index (χ4v) is 3.08. The maximum atomic E-state index is 11.9. The predicted molar refractivity (Wildman–Crippen MR) is 118 cm³/mol. The molecule has 0 bridgehead atoms. The van der Waals surface area contributed by atoms with Crippen molar-refractivity contribution in [1.29, 1.82) is 0 Å². The minimum atomic E-state index is -1.46. The van der Waals surface area contributed by atoms with Crippen LogP contribution in [-0.4, -0.2) is 107 Å². The summed E-state index contributed by atoms with van der Waals surface area (Å²) in [5.74, 6) is -2.63. The molecule has 14 heteroatoms. The Labute approximate surface area is 209 Å². The Morgan fingerprint density at radius 3 is 1.86 bits per heavy atom. The minimum Gasteiger partial charge on any atom is -0.456 e. The molecule has 0 spiro atoms. The maximum Gasteiger partial charge on any atom is 0.307 e. The van der Waals surface area contributed by atoms with Crippen molar-refractivity contribution in [2.24, 2.45) is 0 Å². The van der Waals surface area contributed by atoms with Gasteiger partial charge < -0.3 is 48.0 Å². The van der Waals surface area contributed by atoms with Gasteiger partial charge in [0.15, 0.2) is 12.4 Å². The van der Waals surface area contributed by atoms with E-state index in [1.54, 1.807) is 6.92 Å². The van der Waals surface area contributed by atoms with Crippen molar-refractivity contribution in [2.75, 3.05) is 46.2 Å². The highest BCUT2D eigenvalue weighted by atomic mass is 16.8. The number of hydrogen-bond donors (Lipinski definition) is 1. The monoisotopic (exact) mass is 521 g/mol. The smallest absolute Gasteiger partial charge is 0.307 e. The summed E-state index contributed by atoms with van der Waals surface area (Å²) in [4.78, 5) is 57.5. The van der Waals surface area contributed by atoms with Gasteiger partial charge in [0.2, 0.25) is 18.3 Å². The number of rotatable bonds is 17. The van der Waals surface area contributed by atoms with Gasteiger partial charge in [-0.25, -0.2) is 0 Å². The molecule has 206 valence electrons. The molecule has 0 aromatic carbocycles. The van der Waals surface area contributed by atoms with Gasteiger partial charge in [-0.2, -0.15) is 0 Å². The molecule has 1 aliphatic heterocycles. The largest absolute Gasteiger partial charge is 0.456 e. The lowest BCUT2D eigenvalue weighted by Crippen LogP contribution is -2.66. The Balaban J connectivity index is 2.79. The van der Waals surface area contributed by atoms with Gasteiger partial charge in [-0.1, -0.05) is 6.92 Å². The number of aldehydes is 1. The van der Waals surface area contributed by atoms with Gasteiger partial charge in [-0.3, -0.25) is 19.2 Å². The van der Waals surface area contributed by atoms with Crippen LogP contribution in [0.15, 0.2) is 0 Å². The minimum absolute atomic E-state index is 0.00462. The average molecular weight is 522 g/mol. The van der Waals surface area contributed by atoms with Gasteiger partial charge in [-0.15, -0.1) is 0 Å². The number of carbonyl (C=O) groups excluding carboxylic acids is 5. The van der Waals surface area contributed by atoms with E-state index < -0.39 is 54.6 Å². The second-order valence-corrected chi connectivity index (χ2v) is 7.43. The van der Waals surface area contributed by atoms with E-state index in [1.807, 2.05) is 0 Å². The Morgan fingerprint density at radius 2 is 1.33 bits per heavy atom. The summed E-state index contributed by atoms with van der Waals surface area (Å²) in [6.45, 7) is 6.29. The first-order valence-electron chi connectivity index (χ1n) is 11.4. The molecule has 1 rings (SSSR count). The molecule has 0 aliphatic carbocycles. The standard InChI is InChI=1S/C22H35NO13/c1-5-17(28)35-22-20(34-16(4)27)19(33-15(3)26)18(23-14(2)25)21(36-22)32-13-12-31-11-10-30-9-8-29-7-6-24/h6,18-22H,5,7-13H2,1-4H3,(H,23,25)/t18-,19-,20-,21-,22+/m1/s1. The summed E-state index contributed by atoms with van der Waals surface area (Å²) in [6, 6.07) is -1.10. The van der Waals surface area contributed by atoms with Crippen LogP contribution in [-0.2, 0) is 61.9 Å². The van der Waals surface area contributed by atoms with E-state index in [0.29, 0.717) is 12.9 Å². The highest BCUT2D eigenvalue weighted by molar-refractivity contribution is 5.74. The molecule has 0 aromatic rings. The number of hydrogen-bond acceptors (Lipinski definition) is 13. The Morgan fingerprint density at radius 1 is 0.778 bits per heavy atom. The Bertz CT molecular complexity index is 716. The fourth-order valence-electron chi connectivity index (χ4n) is 3.08. The van der Waals surface area contributed by atoms with Crippen molar-refractivity contribution < 1.29 is 61.9 Å². The first kappa shape index (κ1) is 31.4. The Hall–Kier alpha value is -2.65. The lowest BCUT2D eigenvalue weighted by atomic mass is 10.00. The summed E-state index contributed by atoms with van der Waals surface area (Å²) in [5.41, 5.74) is 0. The molecule has 1 fully saturated rings. The molecule has 1 aliphatic rings. The molecule has 0 aromatic heterocycles. The highest BCUT2D eigenvalue weighted by Crippen LogP contribution is 2.28. The number of esters is 3. The van der Waals surface area contributed by atoms with E-state index in [1.165, 1.54) is 6.92 Å². The van der Waals surface area contributed by atoms with Gasteiger partial charge in [0.1, 0.15) is 18.9 Å². The summed E-state index contributed by atoms with van der Waals surface area (Å²) in [5, 5.41) is 2.58. The van der Waals surface area contributed by atoms with Crippen molar-refractivity contribution in [3.8, 4) is 0 Å². The molecule has 1 saturated heterocycles. The number of amides is 1. The maximum absolute atomic E-state index is 11.9. The van der Waals surface area contributed by atoms with Crippen LogP contribution >= 0.6 is 0 Å². The summed E-state index contributed by atoms with van der Waals surface area (Å²) in [6.07, 6.45) is -4.69. The van der Waals surface area contributed by atoms with Crippen LogP contribution in [0.25, 0.3) is 0 Å². The molecule has 1 N–H and O–H groups in total. The molecular formula is C22H35NO13. The zero-order valence-corrected chi connectivity index (χ0v) is 20.9. The average Bonchev–Trinajstić information content (AvgIpc) is 2.80. The quantitative estimate of drug-likeness (QED) is 0.110. The first-order valence-corrected chi connectivity index (χ1v) is 11.4. The van der Waals surface area contributed by atoms with Crippen LogP contribution in [0.4, 0.5) is 0 Å². The van der Waals surface area contributed by atoms with Crippen LogP contribution < -0.4 is 5.32 Å². The normalized spacial score (nSPS) is 23.4. The highest BCUT2D eigenvalue weighted by Gasteiger charge is 2.52. The number of carbonyl (C=O) groups is 5. The lowest BCUT2D eigenvalue weighted by molar-refractivity contribution is -0.322. The predicted octanol–water partition coefficient (Wildman–Crippen LogP) is -0.745. The molecule has 0 saturated carbocycles. The molecule has 0 radical (unpaired) electrons. The zero-order chi connectivity index (χ0) is 26.9. The molecule has 5 atom stereocenters. The van der Waals surface area contributed by atoms with Crippen molar-refractivity contribution in [2.45, 2.75) is 64.9 Å². The molecule has 14 nitrogen and oxygen atoms in total. The van der Waals surface area contributed by atoms with Crippen molar-refractivity contribution in [1.82, 2.24) is 5.32 Å². The second-order valence-electron chi connectivity index (χ2n) is 7.43. The van der Waals surface area contributed by atoms with Crippen LogP contribution in [0.2, 0.25) is 0 Å². The van der Waals surface area contributed by atoms with Gasteiger partial charge in [0.25, 0.3) is 0 Å². The molecule has 0 unspecified atom stereocenters. The van der Waals surface area contributed by atoms with E-state index >= 15 is 0 Å². The van der Waals surface area contributed by atoms with Crippen LogP contribution in [0.5, 0.6) is 0 Å². The summed E-state index contributed by atoms with van der Waals surface area (Å²) < 4.78 is 42.9. The van der Waals surface area contributed by atoms with E-state index in [-0.39, 0.29) is 46.1 Å². The van der Waals surface area contributed by atoms with Crippen molar-refractivity contribution in [3.05, 3.63) is 0 Å². The fraction of sp³-hybridized carbons (Fsp3) is 0.773. The molecule has 36 heavy (non-hydrogen) atoms. The van der Waals surface area contributed by atoms with Crippen molar-refractivity contribution in [3.63, 3.8) is 0 Å².